The molecule has 0 fully saturated rings. The zero-order chi connectivity index (χ0) is 21.4. The van der Waals surface area contributed by atoms with Gasteiger partial charge in [-0.15, -0.1) is 0 Å². The normalized spacial score (nSPS) is 13.3. The summed E-state index contributed by atoms with van der Waals surface area (Å²) in [5.41, 5.74) is 1.88. The molecule has 1 heterocycles. The molecule has 2 aromatic carbocycles. The van der Waals surface area contributed by atoms with Gasteiger partial charge >= 0.3 is 5.97 Å². The Kier molecular flexibility index (Phi) is 4.79. The van der Waals surface area contributed by atoms with Gasteiger partial charge in [-0.25, -0.2) is 4.79 Å². The van der Waals surface area contributed by atoms with Crippen LogP contribution < -0.4 is 5.32 Å². The maximum atomic E-state index is 12.8. The van der Waals surface area contributed by atoms with E-state index < -0.39 is 18.0 Å². The number of nitrogens with one attached hydrogen (secondary N) is 1. The number of hydrogen-bond donors (Lipinski definition) is 1. The van der Waals surface area contributed by atoms with Crippen molar-refractivity contribution < 1.29 is 23.9 Å². The fraction of sp³-hybridized carbons (Fsp3) is 0.130. The van der Waals surface area contributed by atoms with Crippen LogP contribution in [0, 0.1) is 0 Å². The first-order valence-electron chi connectivity index (χ1n) is 9.32. The van der Waals surface area contributed by atoms with Crippen LogP contribution in [0.5, 0.6) is 0 Å². The predicted octanol–water partition coefficient (Wildman–Crippen LogP) is 2.98. The van der Waals surface area contributed by atoms with E-state index in [0.717, 1.165) is 0 Å². The highest BCUT2D eigenvalue weighted by atomic mass is 16.5. The molecule has 30 heavy (non-hydrogen) atoms. The average molecular weight is 402 g/mol. The van der Waals surface area contributed by atoms with E-state index in [1.807, 2.05) is 0 Å². The van der Waals surface area contributed by atoms with Crippen molar-refractivity contribution in [3.05, 3.63) is 88.7 Å². The van der Waals surface area contributed by atoms with E-state index in [1.165, 1.54) is 19.1 Å². The predicted molar refractivity (Wildman–Crippen MR) is 109 cm³/mol. The molecule has 1 aliphatic rings. The number of carbonyl (C=O) groups excluding carboxylic acids is 4. The van der Waals surface area contributed by atoms with Crippen LogP contribution in [0.3, 0.4) is 0 Å². The molecule has 1 N–H and O–H groups in total. The topological polar surface area (TPSA) is 94.5 Å². The molecular formula is C23H18N2O5. The first kappa shape index (κ1) is 19.3. The molecule has 4 rings (SSSR count). The molecule has 3 aromatic rings. The van der Waals surface area contributed by atoms with Gasteiger partial charge in [-0.2, -0.15) is 0 Å². The number of aromatic nitrogens is 1. The number of benzene rings is 2. The number of rotatable bonds is 4. The number of carbonyl (C=O) groups is 4. The Morgan fingerprint density at radius 1 is 0.900 bits per heavy atom. The number of ketones is 2. The lowest BCUT2D eigenvalue weighted by molar-refractivity contribution is -0.123. The third kappa shape index (κ3) is 3.30. The Morgan fingerprint density at radius 3 is 2.17 bits per heavy atom. The molecule has 1 amide bonds. The van der Waals surface area contributed by atoms with Crippen LogP contribution >= 0.6 is 0 Å². The standard InChI is InChI=1S/C23H18N2O5/c1-13(30-23(29)19-8-5-11-25(19)2)22(28)24-14-9-10-17-18(12-14)21(27)16-7-4-3-6-15(16)20(17)26/h3-13H,1-2H3,(H,24,28). The molecule has 7 heteroatoms. The van der Waals surface area contributed by atoms with Crippen molar-refractivity contribution in [3.8, 4) is 0 Å². The maximum Gasteiger partial charge on any atom is 0.355 e. The molecule has 150 valence electrons. The van der Waals surface area contributed by atoms with Crippen molar-refractivity contribution in [3.63, 3.8) is 0 Å². The zero-order valence-electron chi connectivity index (χ0n) is 16.3. The number of aryl methyl sites for hydroxylation is 1. The number of nitrogens with zero attached hydrogens (tertiary/aromatic N) is 1. The summed E-state index contributed by atoms with van der Waals surface area (Å²) >= 11 is 0. The summed E-state index contributed by atoms with van der Waals surface area (Å²) in [5, 5.41) is 2.63. The van der Waals surface area contributed by atoms with E-state index in [0.29, 0.717) is 28.1 Å². The Balaban J connectivity index is 1.51. The van der Waals surface area contributed by atoms with Gasteiger partial charge in [0.25, 0.3) is 5.91 Å². The summed E-state index contributed by atoms with van der Waals surface area (Å²) in [6.07, 6.45) is 0.645. The van der Waals surface area contributed by atoms with E-state index in [4.69, 9.17) is 4.74 Å². The van der Waals surface area contributed by atoms with Gasteiger partial charge in [0.2, 0.25) is 0 Å². The van der Waals surface area contributed by atoms with Crippen LogP contribution in [0.4, 0.5) is 5.69 Å². The molecule has 1 atom stereocenters. The van der Waals surface area contributed by atoms with E-state index in [9.17, 15) is 19.2 Å². The van der Waals surface area contributed by atoms with Crippen LogP contribution in [-0.4, -0.2) is 34.1 Å². The van der Waals surface area contributed by atoms with Gasteiger partial charge in [0.15, 0.2) is 17.7 Å². The van der Waals surface area contributed by atoms with Gasteiger partial charge in [-0.3, -0.25) is 14.4 Å². The summed E-state index contributed by atoms with van der Waals surface area (Å²) in [7, 11) is 1.70. The van der Waals surface area contributed by atoms with Gasteiger partial charge in [-0.05, 0) is 37.3 Å². The van der Waals surface area contributed by atoms with Gasteiger partial charge in [-0.1, -0.05) is 24.3 Å². The molecule has 0 saturated heterocycles. The minimum absolute atomic E-state index is 0.227. The fourth-order valence-electron chi connectivity index (χ4n) is 3.37. The Hall–Kier alpha value is -4.00. The van der Waals surface area contributed by atoms with E-state index >= 15 is 0 Å². The number of ether oxygens (including phenoxy) is 1. The lowest BCUT2D eigenvalue weighted by atomic mass is 9.84. The Labute approximate surface area is 172 Å². The van der Waals surface area contributed by atoms with Crippen LogP contribution in [0.15, 0.2) is 60.8 Å². The maximum absolute atomic E-state index is 12.8. The molecule has 1 unspecified atom stereocenters. The number of hydrogen-bond acceptors (Lipinski definition) is 5. The highest BCUT2D eigenvalue weighted by Gasteiger charge is 2.29. The quantitative estimate of drug-likeness (QED) is 0.530. The van der Waals surface area contributed by atoms with Crippen LogP contribution in [0.25, 0.3) is 0 Å². The summed E-state index contributed by atoms with van der Waals surface area (Å²) in [6.45, 7) is 1.46. The van der Waals surface area contributed by atoms with Crippen molar-refractivity contribution in [1.29, 1.82) is 0 Å². The van der Waals surface area contributed by atoms with Crippen molar-refractivity contribution in [1.82, 2.24) is 4.57 Å². The first-order chi connectivity index (χ1) is 14.4. The molecule has 0 spiro atoms. The van der Waals surface area contributed by atoms with Gasteiger partial charge < -0.3 is 14.6 Å². The number of esters is 1. The molecule has 0 saturated carbocycles. The van der Waals surface area contributed by atoms with E-state index in [2.05, 4.69) is 5.32 Å². The molecule has 7 nitrogen and oxygen atoms in total. The van der Waals surface area contributed by atoms with E-state index in [1.54, 1.807) is 60.3 Å². The van der Waals surface area contributed by atoms with Gasteiger partial charge in [0.05, 0.1) is 0 Å². The number of anilines is 1. The molecule has 0 aliphatic heterocycles. The second-order valence-electron chi connectivity index (χ2n) is 7.01. The van der Waals surface area contributed by atoms with Crippen LogP contribution in [-0.2, 0) is 16.6 Å². The van der Waals surface area contributed by atoms with Crippen molar-refractivity contribution >= 4 is 29.1 Å². The molecule has 1 aromatic heterocycles. The minimum Gasteiger partial charge on any atom is -0.448 e. The van der Waals surface area contributed by atoms with Crippen LogP contribution in [0.1, 0.15) is 49.3 Å². The smallest absolute Gasteiger partial charge is 0.355 e. The largest absolute Gasteiger partial charge is 0.448 e. The SMILES string of the molecule is CC(OC(=O)c1cccn1C)C(=O)Nc1ccc2c(c1)C(=O)c1ccccc1C2=O. The molecular weight excluding hydrogens is 384 g/mol. The minimum atomic E-state index is -1.05. The van der Waals surface area contributed by atoms with Crippen molar-refractivity contribution in [2.24, 2.45) is 7.05 Å². The number of amides is 1. The van der Waals surface area contributed by atoms with Crippen LogP contribution in [0.2, 0.25) is 0 Å². The second-order valence-corrected chi connectivity index (χ2v) is 7.01. The van der Waals surface area contributed by atoms with Gasteiger partial charge in [0, 0.05) is 41.2 Å². The summed E-state index contributed by atoms with van der Waals surface area (Å²) in [4.78, 5) is 50.1. The molecule has 0 radical (unpaired) electrons. The summed E-state index contributed by atoms with van der Waals surface area (Å²) in [6, 6.07) is 14.5. The lowest BCUT2D eigenvalue weighted by Gasteiger charge is -2.19. The lowest BCUT2D eigenvalue weighted by Crippen LogP contribution is -2.30. The first-order valence-corrected chi connectivity index (χ1v) is 9.32. The summed E-state index contributed by atoms with van der Waals surface area (Å²) < 4.78 is 6.81. The fourth-order valence-corrected chi connectivity index (χ4v) is 3.37. The monoisotopic (exact) mass is 402 g/mol. The van der Waals surface area contributed by atoms with Gasteiger partial charge in [0.1, 0.15) is 5.69 Å². The summed E-state index contributed by atoms with van der Waals surface area (Å²) in [5.74, 6) is -1.68. The number of fused-ring (bicyclic) bond motifs is 2. The van der Waals surface area contributed by atoms with Crippen molar-refractivity contribution in [2.45, 2.75) is 13.0 Å². The zero-order valence-corrected chi connectivity index (χ0v) is 16.3. The third-order valence-electron chi connectivity index (χ3n) is 5.00. The molecule has 0 bridgehead atoms. The average Bonchev–Trinajstić information content (AvgIpc) is 3.18. The molecule has 1 aliphatic carbocycles. The second kappa shape index (κ2) is 7.44. The van der Waals surface area contributed by atoms with E-state index in [-0.39, 0.29) is 17.1 Å². The Morgan fingerprint density at radius 2 is 1.53 bits per heavy atom. The third-order valence-corrected chi connectivity index (χ3v) is 5.00. The Bertz CT molecular complexity index is 1210. The highest BCUT2D eigenvalue weighted by Crippen LogP contribution is 2.29. The van der Waals surface area contributed by atoms with Crippen molar-refractivity contribution in [2.75, 3.05) is 5.32 Å². The highest BCUT2D eigenvalue weighted by molar-refractivity contribution is 6.28.